The Morgan fingerprint density at radius 2 is 1.94 bits per heavy atom. The zero-order valence-corrected chi connectivity index (χ0v) is 20.2. The average Bonchev–Trinajstić information content (AvgIpc) is 3.40. The van der Waals surface area contributed by atoms with Gasteiger partial charge >= 0.3 is 0 Å². The van der Waals surface area contributed by atoms with Crippen molar-refractivity contribution >= 4 is 17.5 Å². The maximum atomic E-state index is 12.9. The van der Waals surface area contributed by atoms with Crippen LogP contribution in [0.4, 0.5) is 0 Å². The van der Waals surface area contributed by atoms with E-state index in [0.717, 1.165) is 59.7 Å². The fourth-order valence-electron chi connectivity index (χ4n) is 4.41. The Labute approximate surface area is 200 Å². The number of amides is 1. The van der Waals surface area contributed by atoms with Crippen LogP contribution in [0.2, 0.25) is 5.02 Å². The highest BCUT2D eigenvalue weighted by Crippen LogP contribution is 2.25. The summed E-state index contributed by atoms with van der Waals surface area (Å²) in [5, 5.41) is 14.2. The quantitative estimate of drug-likeness (QED) is 0.565. The van der Waals surface area contributed by atoms with Gasteiger partial charge in [-0.05, 0) is 70.3 Å². The molecule has 7 heteroatoms. The van der Waals surface area contributed by atoms with Gasteiger partial charge < -0.3 is 9.80 Å². The van der Waals surface area contributed by atoms with Crippen LogP contribution in [-0.2, 0) is 6.42 Å². The van der Waals surface area contributed by atoms with E-state index in [1.807, 2.05) is 53.8 Å². The first kappa shape index (κ1) is 23.0. The second-order valence-electron chi connectivity index (χ2n) is 8.87. The van der Waals surface area contributed by atoms with Gasteiger partial charge in [-0.15, -0.1) is 0 Å². The van der Waals surface area contributed by atoms with Gasteiger partial charge in [0.05, 0.1) is 22.0 Å². The number of hydrogen-bond donors (Lipinski definition) is 0. The van der Waals surface area contributed by atoms with Crippen LogP contribution in [0.3, 0.4) is 0 Å². The minimum absolute atomic E-state index is 0.101. The van der Waals surface area contributed by atoms with Gasteiger partial charge in [0.15, 0.2) is 0 Å². The first-order chi connectivity index (χ1) is 15.8. The summed E-state index contributed by atoms with van der Waals surface area (Å²) >= 11 is 6.22. The van der Waals surface area contributed by atoms with E-state index in [9.17, 15) is 4.79 Å². The van der Waals surface area contributed by atoms with Gasteiger partial charge in [-0.3, -0.25) is 4.79 Å². The summed E-state index contributed by atoms with van der Waals surface area (Å²) in [7, 11) is 4.13. The molecule has 6 nitrogen and oxygen atoms in total. The van der Waals surface area contributed by atoms with Gasteiger partial charge in [-0.2, -0.15) is 10.4 Å². The number of likely N-dealkylation sites (tertiary alicyclic amines) is 1. The van der Waals surface area contributed by atoms with Crippen molar-refractivity contribution in [1.82, 2.24) is 19.6 Å². The van der Waals surface area contributed by atoms with Gasteiger partial charge in [0.25, 0.3) is 5.91 Å². The molecule has 0 saturated carbocycles. The third-order valence-corrected chi connectivity index (χ3v) is 6.83. The molecule has 1 aromatic heterocycles. The number of nitriles is 1. The lowest BCUT2D eigenvalue weighted by molar-refractivity contribution is 0.0783. The first-order valence-electron chi connectivity index (χ1n) is 11.1. The molecule has 1 aliphatic rings. The van der Waals surface area contributed by atoms with E-state index < -0.39 is 0 Å². The van der Waals surface area contributed by atoms with Crippen molar-refractivity contribution in [2.45, 2.75) is 32.7 Å². The summed E-state index contributed by atoms with van der Waals surface area (Å²) in [6.07, 6.45) is 1.74. The molecule has 3 aromatic rings. The SMILES string of the molecule is Cc1nn(-c2ccc(C#N)c(Cl)c2)c(C)c1Cc1ccc(C(=O)N2CCC(N(C)C)C2)cc1. The molecule has 1 fully saturated rings. The summed E-state index contributed by atoms with van der Waals surface area (Å²) in [5.41, 5.74) is 6.25. The average molecular weight is 462 g/mol. The largest absolute Gasteiger partial charge is 0.337 e. The number of hydrogen-bond acceptors (Lipinski definition) is 4. The fraction of sp³-hybridized carbons (Fsp3) is 0.346. The van der Waals surface area contributed by atoms with Crippen LogP contribution in [0.1, 0.15) is 44.9 Å². The number of carbonyl (C=O) groups is 1. The lowest BCUT2D eigenvalue weighted by Crippen LogP contribution is -2.34. The van der Waals surface area contributed by atoms with E-state index in [-0.39, 0.29) is 5.91 Å². The van der Waals surface area contributed by atoms with Crippen LogP contribution in [-0.4, -0.2) is 58.7 Å². The number of halogens is 1. The predicted molar refractivity (Wildman–Crippen MR) is 130 cm³/mol. The molecule has 0 bridgehead atoms. The molecule has 170 valence electrons. The highest BCUT2D eigenvalue weighted by molar-refractivity contribution is 6.31. The number of aryl methyl sites for hydroxylation is 1. The van der Waals surface area contributed by atoms with Gasteiger partial charge in [0, 0.05) is 42.4 Å². The van der Waals surface area contributed by atoms with Crippen LogP contribution in [0.15, 0.2) is 42.5 Å². The molecule has 1 saturated heterocycles. The van der Waals surface area contributed by atoms with E-state index in [0.29, 0.717) is 16.6 Å². The zero-order chi connectivity index (χ0) is 23.7. The van der Waals surface area contributed by atoms with Gasteiger partial charge in [-0.25, -0.2) is 4.68 Å². The standard InChI is InChI=1S/C26H28ClN5O/c1-17-24(18(2)32(29-17)22-10-9-21(15-28)25(27)14-22)13-19-5-7-20(8-6-19)26(33)31-12-11-23(16-31)30(3)4/h5-10,14,23H,11-13,16H2,1-4H3. The van der Waals surface area contributed by atoms with Crippen LogP contribution in [0, 0.1) is 25.2 Å². The molecular formula is C26H28ClN5O. The van der Waals surface area contributed by atoms with Gasteiger partial charge in [-0.1, -0.05) is 23.7 Å². The monoisotopic (exact) mass is 461 g/mol. The Morgan fingerprint density at radius 3 is 2.55 bits per heavy atom. The van der Waals surface area contributed by atoms with Crippen LogP contribution in [0.5, 0.6) is 0 Å². The molecule has 1 amide bonds. The maximum absolute atomic E-state index is 12.9. The van der Waals surface area contributed by atoms with E-state index in [2.05, 4.69) is 25.1 Å². The molecule has 2 aromatic carbocycles. The third kappa shape index (κ3) is 4.66. The molecule has 1 atom stereocenters. The lowest BCUT2D eigenvalue weighted by Gasteiger charge is -2.20. The zero-order valence-electron chi connectivity index (χ0n) is 19.5. The van der Waals surface area contributed by atoms with Crippen molar-refractivity contribution in [2.75, 3.05) is 27.2 Å². The second-order valence-corrected chi connectivity index (χ2v) is 9.28. The predicted octanol–water partition coefficient (Wildman–Crippen LogP) is 4.38. The Morgan fingerprint density at radius 1 is 1.21 bits per heavy atom. The number of benzene rings is 2. The van der Waals surface area contributed by atoms with Crippen LogP contribution < -0.4 is 0 Å². The maximum Gasteiger partial charge on any atom is 0.253 e. The fourth-order valence-corrected chi connectivity index (χ4v) is 4.63. The van der Waals surface area contributed by atoms with E-state index in [4.69, 9.17) is 22.0 Å². The Hall–Kier alpha value is -3.14. The normalized spacial score (nSPS) is 15.8. The van der Waals surface area contributed by atoms with Crippen molar-refractivity contribution in [2.24, 2.45) is 0 Å². The molecule has 33 heavy (non-hydrogen) atoms. The van der Waals surface area contributed by atoms with Crippen LogP contribution in [0.25, 0.3) is 5.69 Å². The summed E-state index contributed by atoms with van der Waals surface area (Å²) in [6, 6.07) is 15.8. The van der Waals surface area contributed by atoms with Crippen molar-refractivity contribution in [3.05, 3.63) is 81.1 Å². The Kier molecular flexibility index (Phi) is 6.55. The van der Waals surface area contributed by atoms with Crippen molar-refractivity contribution in [3.63, 3.8) is 0 Å². The summed E-state index contributed by atoms with van der Waals surface area (Å²) in [6.45, 7) is 5.62. The number of nitrogens with zero attached hydrogens (tertiary/aromatic N) is 5. The topological polar surface area (TPSA) is 65.2 Å². The Bertz CT molecular complexity index is 1220. The van der Waals surface area contributed by atoms with Gasteiger partial charge in [0.2, 0.25) is 0 Å². The number of rotatable bonds is 5. The molecule has 0 radical (unpaired) electrons. The van der Waals surface area contributed by atoms with Gasteiger partial charge in [0.1, 0.15) is 6.07 Å². The summed E-state index contributed by atoms with van der Waals surface area (Å²) < 4.78 is 1.87. The van der Waals surface area contributed by atoms with E-state index >= 15 is 0 Å². The molecule has 4 rings (SSSR count). The van der Waals surface area contributed by atoms with E-state index in [1.54, 1.807) is 12.1 Å². The molecule has 0 N–H and O–H groups in total. The molecule has 1 aliphatic heterocycles. The van der Waals surface area contributed by atoms with Crippen molar-refractivity contribution in [3.8, 4) is 11.8 Å². The molecular weight excluding hydrogens is 434 g/mol. The molecule has 0 aliphatic carbocycles. The van der Waals surface area contributed by atoms with Crippen molar-refractivity contribution in [1.29, 1.82) is 5.26 Å². The second kappa shape index (κ2) is 9.38. The van der Waals surface area contributed by atoms with Crippen LogP contribution >= 0.6 is 11.6 Å². The minimum Gasteiger partial charge on any atom is -0.337 e. The Balaban J connectivity index is 1.50. The number of likely N-dealkylation sites (N-methyl/N-ethyl adjacent to an activating group) is 1. The summed E-state index contributed by atoms with van der Waals surface area (Å²) in [4.78, 5) is 17.0. The molecule has 1 unspecified atom stereocenters. The lowest BCUT2D eigenvalue weighted by atomic mass is 10.0. The highest BCUT2D eigenvalue weighted by Gasteiger charge is 2.28. The highest BCUT2D eigenvalue weighted by atomic mass is 35.5. The minimum atomic E-state index is 0.101. The third-order valence-electron chi connectivity index (χ3n) is 6.52. The summed E-state index contributed by atoms with van der Waals surface area (Å²) in [5.74, 6) is 0.101. The molecule has 0 spiro atoms. The van der Waals surface area contributed by atoms with E-state index in [1.165, 1.54) is 0 Å². The number of carbonyl (C=O) groups excluding carboxylic acids is 1. The smallest absolute Gasteiger partial charge is 0.253 e. The first-order valence-corrected chi connectivity index (χ1v) is 11.5. The number of aromatic nitrogens is 2. The molecule has 2 heterocycles. The van der Waals surface area contributed by atoms with Crippen molar-refractivity contribution < 1.29 is 4.79 Å².